The number of benzene rings is 3. The SMILES string of the molecule is CN(c1ccccc1)c1ccc2c(c1)OP(=O)(Oc1ccccc1)NCC2(C)C. The maximum atomic E-state index is 13.5. The average molecular weight is 408 g/mol. The Balaban J connectivity index is 1.71. The highest BCUT2D eigenvalue weighted by atomic mass is 31.2. The van der Waals surface area contributed by atoms with Crippen molar-refractivity contribution in [2.45, 2.75) is 19.3 Å². The van der Waals surface area contributed by atoms with Crippen LogP contribution in [0.15, 0.2) is 78.9 Å². The molecule has 3 aromatic carbocycles. The molecular formula is C23H25N2O3P. The van der Waals surface area contributed by atoms with Gasteiger partial charge in [0.15, 0.2) is 0 Å². The first kappa shape index (κ1) is 19.6. The minimum absolute atomic E-state index is 0.272. The lowest BCUT2D eigenvalue weighted by atomic mass is 9.84. The van der Waals surface area contributed by atoms with Crippen molar-refractivity contribution in [3.63, 3.8) is 0 Å². The van der Waals surface area contributed by atoms with Crippen LogP contribution in [0.2, 0.25) is 0 Å². The third-order valence-electron chi connectivity index (χ3n) is 5.13. The summed E-state index contributed by atoms with van der Waals surface area (Å²) < 4.78 is 25.2. The fourth-order valence-corrected chi connectivity index (χ4v) is 4.94. The Morgan fingerprint density at radius 2 is 1.62 bits per heavy atom. The maximum Gasteiger partial charge on any atom is 0.512 e. The number of rotatable bonds is 4. The van der Waals surface area contributed by atoms with Crippen LogP contribution in [0.4, 0.5) is 11.4 Å². The zero-order chi connectivity index (χ0) is 20.5. The molecule has 1 atom stereocenters. The maximum absolute atomic E-state index is 13.5. The lowest BCUT2D eigenvalue weighted by molar-refractivity contribution is 0.374. The van der Waals surface area contributed by atoms with Gasteiger partial charge in [0, 0.05) is 42.0 Å². The van der Waals surface area contributed by atoms with E-state index in [-0.39, 0.29) is 5.41 Å². The Kier molecular flexibility index (Phi) is 5.12. The van der Waals surface area contributed by atoms with Crippen LogP contribution >= 0.6 is 7.75 Å². The van der Waals surface area contributed by atoms with E-state index in [1.165, 1.54) is 0 Å². The topological polar surface area (TPSA) is 50.8 Å². The summed E-state index contributed by atoms with van der Waals surface area (Å²) >= 11 is 0. The number of hydrogen-bond acceptors (Lipinski definition) is 4. The Bertz CT molecular complexity index is 1040. The zero-order valence-corrected chi connectivity index (χ0v) is 17.7. The largest absolute Gasteiger partial charge is 0.512 e. The zero-order valence-electron chi connectivity index (χ0n) is 16.8. The second kappa shape index (κ2) is 7.58. The molecule has 0 bridgehead atoms. The Hall–Kier alpha value is -2.75. The van der Waals surface area contributed by atoms with Gasteiger partial charge >= 0.3 is 7.75 Å². The molecule has 0 aliphatic carbocycles. The lowest BCUT2D eigenvalue weighted by Gasteiger charge is -2.25. The van der Waals surface area contributed by atoms with Gasteiger partial charge in [-0.1, -0.05) is 56.3 Å². The normalized spacial score (nSPS) is 20.1. The van der Waals surface area contributed by atoms with Gasteiger partial charge < -0.3 is 13.9 Å². The van der Waals surface area contributed by atoms with Crippen LogP contribution in [-0.4, -0.2) is 13.6 Å². The van der Waals surface area contributed by atoms with Crippen LogP contribution in [0.25, 0.3) is 0 Å². The summed E-state index contributed by atoms with van der Waals surface area (Å²) in [4.78, 5) is 2.07. The first-order valence-electron chi connectivity index (χ1n) is 9.59. The Morgan fingerprint density at radius 1 is 0.966 bits per heavy atom. The number of para-hydroxylation sites is 2. The minimum atomic E-state index is -3.58. The van der Waals surface area contributed by atoms with Crippen LogP contribution in [-0.2, 0) is 9.98 Å². The van der Waals surface area contributed by atoms with E-state index < -0.39 is 7.75 Å². The van der Waals surface area contributed by atoms with E-state index in [1.807, 2.05) is 67.7 Å². The first-order valence-corrected chi connectivity index (χ1v) is 11.1. The molecule has 0 saturated carbocycles. The van der Waals surface area contributed by atoms with Gasteiger partial charge in [-0.3, -0.25) is 0 Å². The third kappa shape index (κ3) is 4.16. The van der Waals surface area contributed by atoms with E-state index in [0.29, 0.717) is 18.0 Å². The fraction of sp³-hybridized carbons (Fsp3) is 0.217. The number of fused-ring (bicyclic) bond motifs is 1. The van der Waals surface area contributed by atoms with E-state index in [0.717, 1.165) is 16.9 Å². The second-order valence-electron chi connectivity index (χ2n) is 7.79. The molecule has 0 aromatic heterocycles. The van der Waals surface area contributed by atoms with Crippen LogP contribution in [0.5, 0.6) is 11.5 Å². The van der Waals surface area contributed by atoms with Crippen LogP contribution in [0.3, 0.4) is 0 Å². The van der Waals surface area contributed by atoms with Crippen LogP contribution in [0.1, 0.15) is 19.4 Å². The first-order chi connectivity index (χ1) is 13.9. The van der Waals surface area contributed by atoms with E-state index in [9.17, 15) is 4.57 Å². The highest BCUT2D eigenvalue weighted by Gasteiger charge is 2.38. The van der Waals surface area contributed by atoms with Gasteiger partial charge in [-0.2, -0.15) is 0 Å². The van der Waals surface area contributed by atoms with E-state index in [4.69, 9.17) is 9.05 Å². The fourth-order valence-electron chi connectivity index (χ4n) is 3.38. The summed E-state index contributed by atoms with van der Waals surface area (Å²) in [5.41, 5.74) is 2.72. The summed E-state index contributed by atoms with van der Waals surface area (Å²) in [5.74, 6) is 1.07. The molecule has 150 valence electrons. The van der Waals surface area contributed by atoms with Crippen LogP contribution < -0.4 is 19.0 Å². The van der Waals surface area contributed by atoms with E-state index in [1.54, 1.807) is 12.1 Å². The van der Waals surface area contributed by atoms with Gasteiger partial charge in [-0.15, -0.1) is 0 Å². The quantitative estimate of drug-likeness (QED) is 0.545. The number of nitrogens with zero attached hydrogens (tertiary/aromatic N) is 1. The van der Waals surface area contributed by atoms with Gasteiger partial charge in [-0.05, 0) is 30.3 Å². The summed E-state index contributed by atoms with van der Waals surface area (Å²) in [6.45, 7) is 4.67. The standard InChI is InChI=1S/C23H25N2O3P/c1-23(2)17-24-29(26,27-20-12-8-5-9-13-20)28-22-16-19(14-15-21(22)23)25(3)18-10-6-4-7-11-18/h4-16H,17H2,1-3H3,(H,24,26). The van der Waals surface area contributed by atoms with Gasteiger partial charge in [0.05, 0.1) is 0 Å². The van der Waals surface area contributed by atoms with Crippen molar-refractivity contribution in [1.82, 2.24) is 5.09 Å². The molecule has 1 heterocycles. The lowest BCUT2D eigenvalue weighted by Crippen LogP contribution is -2.30. The molecule has 0 radical (unpaired) electrons. The second-order valence-corrected chi connectivity index (χ2v) is 9.46. The molecule has 1 aliphatic heterocycles. The third-order valence-corrected chi connectivity index (χ3v) is 6.56. The molecule has 1 N–H and O–H groups in total. The molecule has 1 aliphatic rings. The molecule has 0 saturated heterocycles. The summed E-state index contributed by atoms with van der Waals surface area (Å²) in [7, 11) is -1.58. The van der Waals surface area contributed by atoms with Crippen molar-refractivity contribution < 1.29 is 13.6 Å². The van der Waals surface area contributed by atoms with E-state index >= 15 is 0 Å². The van der Waals surface area contributed by atoms with Gasteiger partial charge in [0.2, 0.25) is 0 Å². The Labute approximate surface area is 171 Å². The number of hydrogen-bond donors (Lipinski definition) is 1. The molecule has 0 amide bonds. The molecule has 0 spiro atoms. The highest BCUT2D eigenvalue weighted by Crippen LogP contribution is 2.51. The molecule has 29 heavy (non-hydrogen) atoms. The molecule has 3 aromatic rings. The predicted molar refractivity (Wildman–Crippen MR) is 117 cm³/mol. The molecule has 0 fully saturated rings. The molecular weight excluding hydrogens is 383 g/mol. The van der Waals surface area contributed by atoms with Gasteiger partial charge in [-0.25, -0.2) is 9.65 Å². The van der Waals surface area contributed by atoms with Crippen molar-refractivity contribution in [3.05, 3.63) is 84.4 Å². The Morgan fingerprint density at radius 3 is 2.31 bits per heavy atom. The molecule has 1 unspecified atom stereocenters. The molecule has 5 nitrogen and oxygen atoms in total. The van der Waals surface area contributed by atoms with E-state index in [2.05, 4.69) is 29.9 Å². The van der Waals surface area contributed by atoms with Crippen molar-refractivity contribution >= 4 is 19.1 Å². The number of nitrogens with one attached hydrogen (secondary N) is 1. The number of anilines is 2. The van der Waals surface area contributed by atoms with Crippen molar-refractivity contribution in [1.29, 1.82) is 0 Å². The summed E-state index contributed by atoms with van der Waals surface area (Å²) in [5, 5.41) is 3.02. The minimum Gasteiger partial charge on any atom is -0.405 e. The summed E-state index contributed by atoms with van der Waals surface area (Å²) in [6.07, 6.45) is 0. The smallest absolute Gasteiger partial charge is 0.405 e. The van der Waals surface area contributed by atoms with Gasteiger partial charge in [0.1, 0.15) is 11.5 Å². The van der Waals surface area contributed by atoms with Crippen molar-refractivity contribution in [2.75, 3.05) is 18.5 Å². The highest BCUT2D eigenvalue weighted by molar-refractivity contribution is 7.52. The van der Waals surface area contributed by atoms with Crippen LogP contribution in [0, 0.1) is 0 Å². The van der Waals surface area contributed by atoms with Crippen molar-refractivity contribution in [3.8, 4) is 11.5 Å². The monoisotopic (exact) mass is 408 g/mol. The molecule has 4 rings (SSSR count). The predicted octanol–water partition coefficient (Wildman–Crippen LogP) is 5.90. The van der Waals surface area contributed by atoms with Gasteiger partial charge in [0.25, 0.3) is 0 Å². The van der Waals surface area contributed by atoms with Crippen molar-refractivity contribution in [2.24, 2.45) is 0 Å². The molecule has 6 heteroatoms. The average Bonchev–Trinajstić information content (AvgIpc) is 2.82. The summed E-state index contributed by atoms with van der Waals surface area (Å²) in [6, 6.07) is 25.2.